The number of hydrogen-bond donors (Lipinski definition) is 1. The molecule has 3 rings (SSSR count). The Morgan fingerprint density at radius 3 is 2.45 bits per heavy atom. The molecule has 6 nitrogen and oxygen atoms in total. The molecule has 0 bridgehead atoms. The van der Waals surface area contributed by atoms with Gasteiger partial charge in [-0.3, -0.25) is 14.4 Å². The lowest BCUT2D eigenvalue weighted by Crippen LogP contribution is -2.41. The molecule has 0 aliphatic carbocycles. The fourth-order valence-corrected chi connectivity index (χ4v) is 3.41. The molecule has 0 radical (unpaired) electrons. The molecule has 1 saturated heterocycles. The van der Waals surface area contributed by atoms with Crippen LogP contribution in [0, 0.1) is 23.4 Å². The van der Waals surface area contributed by atoms with Crippen LogP contribution in [0.15, 0.2) is 36.4 Å². The number of nitrogens with zero attached hydrogens (tertiary/aromatic N) is 1. The van der Waals surface area contributed by atoms with Crippen molar-refractivity contribution in [1.29, 1.82) is 0 Å². The van der Waals surface area contributed by atoms with Gasteiger partial charge in [-0.1, -0.05) is 6.07 Å². The monoisotopic (exact) mass is 434 g/mol. The Morgan fingerprint density at radius 2 is 1.77 bits per heavy atom. The molecule has 0 saturated carbocycles. The number of hydrogen-bond acceptors (Lipinski definition) is 4. The number of likely N-dealkylation sites (tertiary alicyclic amines) is 1. The van der Waals surface area contributed by atoms with Crippen molar-refractivity contribution in [2.75, 3.05) is 19.6 Å². The maximum atomic E-state index is 13.9. The fraction of sp³-hybridized carbons (Fsp3) is 0.318. The second-order valence-corrected chi connectivity index (χ2v) is 7.29. The lowest BCUT2D eigenvalue weighted by Gasteiger charge is -2.32. The zero-order valence-electron chi connectivity index (χ0n) is 16.8. The number of carbonyl (C=O) groups excluding carboxylic acids is 3. The van der Waals surface area contributed by atoms with Crippen molar-refractivity contribution in [3.05, 3.63) is 65.0 Å². The molecule has 0 atom stereocenters. The van der Waals surface area contributed by atoms with Crippen LogP contribution in [0.25, 0.3) is 0 Å². The van der Waals surface area contributed by atoms with Crippen LogP contribution < -0.4 is 10.1 Å². The first-order valence-electron chi connectivity index (χ1n) is 9.75. The van der Waals surface area contributed by atoms with E-state index in [0.717, 1.165) is 12.1 Å². The van der Waals surface area contributed by atoms with Crippen LogP contribution in [0.5, 0.6) is 5.75 Å². The minimum Gasteiger partial charge on any atom is -0.427 e. The summed E-state index contributed by atoms with van der Waals surface area (Å²) in [6, 6.07) is 7.90. The summed E-state index contributed by atoms with van der Waals surface area (Å²) in [6.07, 6.45) is 1.12. The number of rotatable bonds is 5. The van der Waals surface area contributed by atoms with E-state index in [2.05, 4.69) is 5.32 Å². The lowest BCUT2D eigenvalue weighted by atomic mass is 9.96. The number of carbonyl (C=O) groups is 3. The topological polar surface area (TPSA) is 75.7 Å². The number of halogens is 3. The Labute approximate surface area is 177 Å². The van der Waals surface area contributed by atoms with Gasteiger partial charge in [-0.25, -0.2) is 13.2 Å². The average molecular weight is 434 g/mol. The van der Waals surface area contributed by atoms with Crippen LogP contribution in [-0.4, -0.2) is 42.3 Å². The van der Waals surface area contributed by atoms with E-state index in [0.29, 0.717) is 38.0 Å². The minimum absolute atomic E-state index is 0.0967. The normalized spacial score (nSPS) is 14.3. The summed E-state index contributed by atoms with van der Waals surface area (Å²) in [5.74, 6) is -5.63. The summed E-state index contributed by atoms with van der Waals surface area (Å²) < 4.78 is 45.3. The fourth-order valence-electron chi connectivity index (χ4n) is 3.41. The Morgan fingerprint density at radius 1 is 1.06 bits per heavy atom. The van der Waals surface area contributed by atoms with Gasteiger partial charge in [0.05, 0.1) is 5.56 Å². The van der Waals surface area contributed by atoms with E-state index < -0.39 is 34.9 Å². The molecule has 0 unspecified atom stereocenters. The zero-order valence-corrected chi connectivity index (χ0v) is 16.8. The van der Waals surface area contributed by atoms with Gasteiger partial charge in [0, 0.05) is 32.1 Å². The molecule has 2 aromatic carbocycles. The third-order valence-corrected chi connectivity index (χ3v) is 5.08. The number of nitrogens with one attached hydrogen (secondary N) is 1. The molecule has 1 aliphatic rings. The Kier molecular flexibility index (Phi) is 6.94. The highest BCUT2D eigenvalue weighted by molar-refractivity contribution is 5.95. The Balaban J connectivity index is 1.51. The standard InChI is InChI=1S/C22H21F3N2O4/c1-13(28)31-16-4-2-3-15(11-16)21(29)26-12-14-7-9-27(10-8-14)22(30)17-5-6-18(23)20(25)19(17)24/h2-6,11,14H,7-10,12H2,1H3,(H,26,29). The minimum atomic E-state index is -1.67. The van der Waals surface area contributed by atoms with Gasteiger partial charge in [-0.2, -0.15) is 0 Å². The van der Waals surface area contributed by atoms with Gasteiger partial charge in [0.1, 0.15) is 5.75 Å². The predicted octanol–water partition coefficient (Wildman–Crippen LogP) is 3.31. The van der Waals surface area contributed by atoms with Gasteiger partial charge in [0.2, 0.25) is 0 Å². The highest BCUT2D eigenvalue weighted by Gasteiger charge is 2.27. The molecule has 1 fully saturated rings. The lowest BCUT2D eigenvalue weighted by molar-refractivity contribution is -0.131. The number of amides is 2. The Bertz CT molecular complexity index is 1000. The summed E-state index contributed by atoms with van der Waals surface area (Å²) in [4.78, 5) is 37.2. The highest BCUT2D eigenvalue weighted by Crippen LogP contribution is 2.22. The maximum Gasteiger partial charge on any atom is 0.308 e. The van der Waals surface area contributed by atoms with E-state index >= 15 is 0 Å². The van der Waals surface area contributed by atoms with E-state index in [1.807, 2.05) is 0 Å². The molecule has 2 aromatic rings. The number of esters is 1. The van der Waals surface area contributed by atoms with Crippen molar-refractivity contribution < 1.29 is 32.3 Å². The third kappa shape index (κ3) is 5.42. The number of piperidine rings is 1. The number of benzene rings is 2. The van der Waals surface area contributed by atoms with Crippen LogP contribution in [0.1, 0.15) is 40.5 Å². The molecule has 0 aromatic heterocycles. The van der Waals surface area contributed by atoms with Crippen LogP contribution in [0.3, 0.4) is 0 Å². The maximum absolute atomic E-state index is 13.9. The van der Waals surface area contributed by atoms with Crippen molar-refractivity contribution in [1.82, 2.24) is 10.2 Å². The molecule has 0 spiro atoms. The second-order valence-electron chi connectivity index (χ2n) is 7.29. The average Bonchev–Trinajstić information content (AvgIpc) is 2.75. The molecule has 1 aliphatic heterocycles. The van der Waals surface area contributed by atoms with Gasteiger partial charge in [-0.05, 0) is 49.1 Å². The van der Waals surface area contributed by atoms with E-state index in [1.165, 1.54) is 17.9 Å². The van der Waals surface area contributed by atoms with E-state index in [4.69, 9.17) is 4.74 Å². The van der Waals surface area contributed by atoms with Gasteiger partial charge >= 0.3 is 5.97 Å². The second kappa shape index (κ2) is 9.63. The molecule has 9 heteroatoms. The first-order valence-corrected chi connectivity index (χ1v) is 9.75. The largest absolute Gasteiger partial charge is 0.427 e. The zero-order chi connectivity index (χ0) is 22.5. The highest BCUT2D eigenvalue weighted by atomic mass is 19.2. The van der Waals surface area contributed by atoms with Crippen molar-refractivity contribution in [3.63, 3.8) is 0 Å². The summed E-state index contributed by atoms with van der Waals surface area (Å²) in [6.45, 7) is 2.25. The summed E-state index contributed by atoms with van der Waals surface area (Å²) in [5.41, 5.74) is -0.154. The van der Waals surface area contributed by atoms with Crippen molar-refractivity contribution in [3.8, 4) is 5.75 Å². The molecule has 1 N–H and O–H groups in total. The van der Waals surface area contributed by atoms with Crippen LogP contribution in [0.4, 0.5) is 13.2 Å². The Hall–Kier alpha value is -3.36. The SMILES string of the molecule is CC(=O)Oc1cccc(C(=O)NCC2CCN(C(=O)c3ccc(F)c(F)c3F)CC2)c1. The van der Waals surface area contributed by atoms with Crippen molar-refractivity contribution in [2.45, 2.75) is 19.8 Å². The molecule has 1 heterocycles. The van der Waals surface area contributed by atoms with Gasteiger partial charge < -0.3 is 15.0 Å². The molecule has 164 valence electrons. The molecule has 2 amide bonds. The number of ether oxygens (including phenoxy) is 1. The first kappa shape index (κ1) is 22.3. The predicted molar refractivity (Wildman–Crippen MR) is 105 cm³/mol. The molecular weight excluding hydrogens is 413 g/mol. The van der Waals surface area contributed by atoms with Gasteiger partial charge in [0.15, 0.2) is 17.5 Å². The summed E-state index contributed by atoms with van der Waals surface area (Å²) in [7, 11) is 0. The smallest absolute Gasteiger partial charge is 0.308 e. The molecule has 31 heavy (non-hydrogen) atoms. The summed E-state index contributed by atoms with van der Waals surface area (Å²) in [5, 5.41) is 2.81. The quantitative estimate of drug-likeness (QED) is 0.445. The van der Waals surface area contributed by atoms with Crippen LogP contribution in [-0.2, 0) is 4.79 Å². The van der Waals surface area contributed by atoms with E-state index in [1.54, 1.807) is 18.2 Å². The van der Waals surface area contributed by atoms with E-state index in [-0.39, 0.29) is 17.6 Å². The van der Waals surface area contributed by atoms with Gasteiger partial charge in [-0.15, -0.1) is 0 Å². The molecular formula is C22H21F3N2O4. The van der Waals surface area contributed by atoms with Crippen molar-refractivity contribution >= 4 is 17.8 Å². The van der Waals surface area contributed by atoms with E-state index in [9.17, 15) is 27.6 Å². The van der Waals surface area contributed by atoms with Gasteiger partial charge in [0.25, 0.3) is 11.8 Å². The van der Waals surface area contributed by atoms with Crippen LogP contribution >= 0.6 is 0 Å². The third-order valence-electron chi connectivity index (χ3n) is 5.08. The van der Waals surface area contributed by atoms with Crippen LogP contribution in [0.2, 0.25) is 0 Å². The van der Waals surface area contributed by atoms with Crippen molar-refractivity contribution in [2.24, 2.45) is 5.92 Å². The summed E-state index contributed by atoms with van der Waals surface area (Å²) >= 11 is 0. The first-order chi connectivity index (χ1) is 14.8.